The van der Waals surface area contributed by atoms with E-state index in [-0.39, 0.29) is 39.2 Å². The Morgan fingerprint density at radius 1 is 1.15 bits per heavy atom. The Hall–Kier alpha value is -3.90. The molecule has 0 saturated heterocycles. The van der Waals surface area contributed by atoms with Gasteiger partial charge in [0.15, 0.2) is 0 Å². The number of hydrogen-bond donors (Lipinski definition) is 3. The van der Waals surface area contributed by atoms with Crippen LogP contribution in [0.15, 0.2) is 36.4 Å². The summed E-state index contributed by atoms with van der Waals surface area (Å²) in [6, 6.07) is 5.58. The first kappa shape index (κ1) is 26.4. The third kappa shape index (κ3) is 6.80. The lowest BCUT2D eigenvalue weighted by atomic mass is 10.1. The zero-order valence-electron chi connectivity index (χ0n) is 17.4. The Morgan fingerprint density at radius 3 is 2.38 bits per heavy atom. The zero-order chi connectivity index (χ0) is 25.6. The molecule has 3 N–H and O–H groups in total. The van der Waals surface area contributed by atoms with Crippen LogP contribution in [0.5, 0.6) is 5.75 Å². The number of likely N-dealkylation sites (N-methyl/N-ethyl adjacent to an activating group) is 1. The van der Waals surface area contributed by atoms with Crippen molar-refractivity contribution in [1.29, 1.82) is 0 Å². The fourth-order valence-corrected chi connectivity index (χ4v) is 3.11. The molecule has 180 valence electrons. The fourth-order valence-electron chi connectivity index (χ4n) is 2.71. The van der Waals surface area contributed by atoms with E-state index in [1.165, 1.54) is 24.3 Å². The molecule has 14 heteroatoms. The van der Waals surface area contributed by atoms with Crippen LogP contribution in [0.3, 0.4) is 0 Å². The number of carboxylic acids is 2. The first-order valence-electron chi connectivity index (χ1n) is 9.34. The average molecular weight is 514 g/mol. The van der Waals surface area contributed by atoms with Crippen molar-refractivity contribution in [2.75, 3.05) is 12.4 Å². The van der Waals surface area contributed by atoms with Crippen LogP contribution in [-0.4, -0.2) is 57.1 Å². The summed E-state index contributed by atoms with van der Waals surface area (Å²) in [4.78, 5) is 58.4. The van der Waals surface area contributed by atoms with E-state index in [1.54, 1.807) is 0 Å². The van der Waals surface area contributed by atoms with E-state index in [9.17, 15) is 34.4 Å². The highest BCUT2D eigenvalue weighted by Gasteiger charge is 2.29. The lowest BCUT2D eigenvalue weighted by Crippen LogP contribution is -2.44. The number of halogens is 2. The van der Waals surface area contributed by atoms with Gasteiger partial charge in [0.1, 0.15) is 11.8 Å². The number of nitro groups is 1. The number of hydrogen-bond acceptors (Lipinski definition) is 7. The number of rotatable bonds is 9. The number of anilines is 1. The van der Waals surface area contributed by atoms with E-state index in [4.69, 9.17) is 33.0 Å². The van der Waals surface area contributed by atoms with Gasteiger partial charge in [0.05, 0.1) is 21.2 Å². The van der Waals surface area contributed by atoms with E-state index in [0.717, 1.165) is 19.2 Å². The minimum absolute atomic E-state index is 0.0336. The van der Waals surface area contributed by atoms with E-state index >= 15 is 0 Å². The molecule has 1 unspecified atom stereocenters. The lowest BCUT2D eigenvalue weighted by molar-refractivity contribution is -0.384. The Labute approximate surface area is 201 Å². The summed E-state index contributed by atoms with van der Waals surface area (Å²) >= 11 is 11.9. The molecule has 2 aromatic rings. The third-order valence-electron chi connectivity index (χ3n) is 4.47. The molecule has 0 aliphatic rings. The van der Waals surface area contributed by atoms with Gasteiger partial charge in [-0.3, -0.25) is 24.6 Å². The molecular formula is C20H17Cl2N3O9. The Bertz CT molecular complexity index is 1160. The van der Waals surface area contributed by atoms with Gasteiger partial charge in [0.2, 0.25) is 0 Å². The van der Waals surface area contributed by atoms with Crippen molar-refractivity contribution in [1.82, 2.24) is 4.90 Å². The van der Waals surface area contributed by atoms with E-state index < -0.39 is 41.3 Å². The molecule has 0 aliphatic heterocycles. The number of carbonyl (C=O) groups is 4. The molecule has 1 atom stereocenters. The highest BCUT2D eigenvalue weighted by Crippen LogP contribution is 2.29. The second-order valence-electron chi connectivity index (χ2n) is 6.78. The molecule has 0 radical (unpaired) electrons. The number of benzene rings is 2. The van der Waals surface area contributed by atoms with Crippen molar-refractivity contribution >= 4 is 58.5 Å². The molecule has 0 aliphatic carbocycles. The smallest absolute Gasteiger partial charge is 0.415 e. The van der Waals surface area contributed by atoms with Gasteiger partial charge in [-0.2, -0.15) is 0 Å². The summed E-state index contributed by atoms with van der Waals surface area (Å²) in [5.74, 6) is -3.79. The number of nitrogens with zero attached hydrogens (tertiary/aromatic N) is 2. The second-order valence-corrected chi connectivity index (χ2v) is 7.62. The number of aliphatic carboxylic acids is 2. The van der Waals surface area contributed by atoms with Gasteiger partial charge >= 0.3 is 18.0 Å². The molecule has 0 saturated carbocycles. The SMILES string of the molecule is CN(C(=O)Oc1ccc(Cl)cc1C(=O)Nc1ccc([N+](=O)[O-])cc1Cl)C(CCC(=O)O)C(=O)O. The Morgan fingerprint density at radius 2 is 1.82 bits per heavy atom. The number of non-ortho nitro benzene ring substituents is 1. The Kier molecular flexibility index (Phi) is 8.76. The molecule has 0 fully saturated rings. The van der Waals surface area contributed by atoms with E-state index in [0.29, 0.717) is 4.90 Å². The van der Waals surface area contributed by atoms with Crippen molar-refractivity contribution in [2.24, 2.45) is 0 Å². The quantitative estimate of drug-likeness (QED) is 0.331. The molecular weight excluding hydrogens is 497 g/mol. The first-order chi connectivity index (χ1) is 15.9. The highest BCUT2D eigenvalue weighted by atomic mass is 35.5. The van der Waals surface area contributed by atoms with Crippen molar-refractivity contribution in [3.8, 4) is 5.75 Å². The molecule has 0 heterocycles. The number of carbonyl (C=O) groups excluding carboxylic acids is 2. The molecule has 0 spiro atoms. The van der Waals surface area contributed by atoms with Crippen molar-refractivity contribution in [3.05, 3.63) is 62.1 Å². The number of carboxylic acid groups (broad SMARTS) is 2. The van der Waals surface area contributed by atoms with Crippen molar-refractivity contribution < 1.29 is 39.1 Å². The van der Waals surface area contributed by atoms with Crippen molar-refractivity contribution in [3.63, 3.8) is 0 Å². The van der Waals surface area contributed by atoms with Crippen LogP contribution in [0.4, 0.5) is 16.2 Å². The van der Waals surface area contributed by atoms with Gasteiger partial charge in [-0.15, -0.1) is 0 Å². The highest BCUT2D eigenvalue weighted by molar-refractivity contribution is 6.34. The number of nitrogens with one attached hydrogen (secondary N) is 1. The standard InChI is InChI=1S/C20H17Cl2N3O9/c1-24(15(19(29)30)5-7-17(26)27)20(31)34-16-6-2-10(21)8-12(16)18(28)23-14-4-3-11(25(32)33)9-13(14)22/h2-4,6,8-9,15H,5,7H2,1H3,(H,23,28)(H,26,27)(H,29,30). The maximum atomic E-state index is 12.8. The van der Waals surface area contributed by atoms with E-state index in [2.05, 4.69) is 5.32 Å². The van der Waals surface area contributed by atoms with Crippen molar-refractivity contribution in [2.45, 2.75) is 18.9 Å². The van der Waals surface area contributed by atoms with Crippen LogP contribution >= 0.6 is 23.2 Å². The van der Waals surface area contributed by atoms with E-state index in [1.807, 2.05) is 0 Å². The maximum Gasteiger partial charge on any atom is 0.415 e. The summed E-state index contributed by atoms with van der Waals surface area (Å²) in [6.07, 6.45) is -2.04. The van der Waals surface area contributed by atoms with Crippen LogP contribution in [0.25, 0.3) is 0 Å². The number of amides is 2. The summed E-state index contributed by atoms with van der Waals surface area (Å²) in [5, 5.41) is 31.3. The summed E-state index contributed by atoms with van der Waals surface area (Å²) < 4.78 is 5.17. The summed E-state index contributed by atoms with van der Waals surface area (Å²) in [7, 11) is 1.11. The van der Waals surface area contributed by atoms with Crippen LogP contribution in [0, 0.1) is 10.1 Å². The van der Waals surface area contributed by atoms with Gasteiger partial charge in [-0.25, -0.2) is 9.59 Å². The van der Waals surface area contributed by atoms with Crippen LogP contribution in [0.1, 0.15) is 23.2 Å². The van der Waals surface area contributed by atoms with Gasteiger partial charge < -0.3 is 20.3 Å². The lowest BCUT2D eigenvalue weighted by Gasteiger charge is -2.24. The maximum absolute atomic E-state index is 12.8. The monoisotopic (exact) mass is 513 g/mol. The average Bonchev–Trinajstić information content (AvgIpc) is 2.75. The van der Waals surface area contributed by atoms with Gasteiger partial charge in [0, 0.05) is 30.6 Å². The molecule has 0 bridgehead atoms. The third-order valence-corrected chi connectivity index (χ3v) is 5.02. The number of nitro benzene ring substituents is 1. The molecule has 12 nitrogen and oxygen atoms in total. The van der Waals surface area contributed by atoms with Gasteiger partial charge in [0.25, 0.3) is 11.6 Å². The largest absolute Gasteiger partial charge is 0.481 e. The predicted molar refractivity (Wildman–Crippen MR) is 120 cm³/mol. The van der Waals surface area contributed by atoms with Crippen LogP contribution in [0.2, 0.25) is 10.0 Å². The minimum atomic E-state index is -1.49. The molecule has 34 heavy (non-hydrogen) atoms. The minimum Gasteiger partial charge on any atom is -0.481 e. The van der Waals surface area contributed by atoms with Gasteiger partial charge in [-0.1, -0.05) is 23.2 Å². The van der Waals surface area contributed by atoms with Crippen LogP contribution < -0.4 is 10.1 Å². The predicted octanol–water partition coefficient (Wildman–Crippen LogP) is 3.90. The second kappa shape index (κ2) is 11.3. The first-order valence-corrected chi connectivity index (χ1v) is 10.1. The van der Waals surface area contributed by atoms with Crippen LogP contribution in [-0.2, 0) is 9.59 Å². The molecule has 2 rings (SSSR count). The topological polar surface area (TPSA) is 176 Å². The summed E-state index contributed by atoms with van der Waals surface area (Å²) in [6.45, 7) is 0. The fraction of sp³-hybridized carbons (Fsp3) is 0.200. The summed E-state index contributed by atoms with van der Waals surface area (Å²) in [5.41, 5.74) is -0.480. The molecule has 0 aromatic heterocycles. The normalized spacial score (nSPS) is 11.3. The Balaban J connectivity index is 2.26. The number of ether oxygens (including phenoxy) is 1. The molecule has 2 aromatic carbocycles. The molecule has 2 amide bonds. The zero-order valence-corrected chi connectivity index (χ0v) is 18.9. The van der Waals surface area contributed by atoms with Gasteiger partial charge in [-0.05, 0) is 30.7 Å².